The third-order valence-corrected chi connectivity index (χ3v) is 4.09. The van der Waals surface area contributed by atoms with Crippen molar-refractivity contribution < 1.29 is 35.9 Å². The number of amides is 1. The number of aromatic nitrogens is 1. The number of nitrogens with zero attached hydrogens (tertiary/aromatic N) is 1. The molecule has 31 heavy (non-hydrogen) atoms. The van der Waals surface area contributed by atoms with Gasteiger partial charge in [-0.1, -0.05) is 0 Å². The Labute approximate surface area is 181 Å². The van der Waals surface area contributed by atoms with E-state index in [2.05, 4.69) is 26.2 Å². The second-order valence-corrected chi connectivity index (χ2v) is 6.69. The summed E-state index contributed by atoms with van der Waals surface area (Å²) in [6.45, 7) is -4.78. The first kappa shape index (κ1) is 26.2. The van der Waals surface area contributed by atoms with Gasteiger partial charge in [-0.2, -0.15) is 13.2 Å². The Balaban J connectivity index is 0.00000110. The Kier molecular flexibility index (Phi) is 10.8. The molecule has 1 unspecified atom stereocenters. The van der Waals surface area contributed by atoms with E-state index in [9.17, 15) is 31.1 Å². The number of hydrogen-bond donors (Lipinski definition) is 3. The summed E-state index contributed by atoms with van der Waals surface area (Å²) in [5, 5.41) is 9.36. The zero-order chi connectivity index (χ0) is 23.6. The van der Waals surface area contributed by atoms with Crippen LogP contribution in [0.2, 0.25) is 0 Å². The second-order valence-electron chi connectivity index (χ2n) is 5.78. The Morgan fingerprint density at radius 1 is 1.26 bits per heavy atom. The van der Waals surface area contributed by atoms with Gasteiger partial charge in [-0.25, -0.2) is 13.8 Å². The van der Waals surface area contributed by atoms with Crippen LogP contribution in [0.1, 0.15) is 28.4 Å². The van der Waals surface area contributed by atoms with Crippen LogP contribution in [0, 0.1) is 17.0 Å². The molecule has 1 heterocycles. The quantitative estimate of drug-likeness (QED) is 0.277. The monoisotopic (exact) mass is 514 g/mol. The van der Waals surface area contributed by atoms with Crippen LogP contribution >= 0.6 is 15.9 Å². The highest BCUT2D eigenvalue weighted by atomic mass is 79.9. The number of ether oxygens (including phenoxy) is 1. The lowest BCUT2D eigenvalue weighted by atomic mass is 9.96. The van der Waals surface area contributed by atoms with Crippen LogP contribution in [0.5, 0.6) is 0 Å². The lowest BCUT2D eigenvalue weighted by molar-refractivity contribution is 0.00818. The molecule has 13 heteroatoms. The molecule has 2 aromatic rings. The van der Waals surface area contributed by atoms with E-state index in [4.69, 9.17) is 15.9 Å². The lowest BCUT2D eigenvalue weighted by Crippen LogP contribution is -2.18. The number of carbonyl (C=O) groups excluding carboxylic acids is 1. The predicted octanol–water partition coefficient (Wildman–Crippen LogP) is 4.91. The third-order valence-electron chi connectivity index (χ3n) is 3.62. The fourth-order valence-corrected chi connectivity index (χ4v) is 2.55. The summed E-state index contributed by atoms with van der Waals surface area (Å²) in [5.41, 5.74) is 4.82. The minimum atomic E-state index is -3.67. The molecule has 0 radical (unpaired) electrons. The van der Waals surface area contributed by atoms with Crippen molar-refractivity contribution in [2.75, 3.05) is 18.6 Å². The molecular formula is C18H17BrF6N4O2. The summed E-state index contributed by atoms with van der Waals surface area (Å²) in [6, 6.07) is 4.46. The number of alkyl halides is 4. The number of benzene rings is 1. The second kappa shape index (κ2) is 12.8. The van der Waals surface area contributed by atoms with Crippen LogP contribution in [-0.4, -0.2) is 36.9 Å². The minimum absolute atomic E-state index is 0.0297. The van der Waals surface area contributed by atoms with Gasteiger partial charge in [-0.3, -0.25) is 14.6 Å². The summed E-state index contributed by atoms with van der Waals surface area (Å²) >= 11 is 3.19. The van der Waals surface area contributed by atoms with Gasteiger partial charge >= 0.3 is 6.68 Å². The Morgan fingerprint density at radius 2 is 1.90 bits per heavy atom. The average Bonchev–Trinajstić information content (AvgIpc) is 2.68. The van der Waals surface area contributed by atoms with Crippen LogP contribution in [0.15, 0.2) is 34.9 Å². The SMILES string of the molecule is FC(F)F.N=C(N)OCCC(CF)c1cc(NC(=O)c2ccc(Br)cn2)cc(F)c1F. The highest BCUT2D eigenvalue weighted by Crippen LogP contribution is 2.28. The molecule has 1 atom stereocenters. The van der Waals surface area contributed by atoms with Crippen molar-refractivity contribution in [3.63, 3.8) is 0 Å². The number of halogens is 7. The zero-order valence-electron chi connectivity index (χ0n) is 15.6. The van der Waals surface area contributed by atoms with Crippen molar-refractivity contribution >= 4 is 33.5 Å². The molecule has 0 aliphatic heterocycles. The Bertz CT molecular complexity index is 883. The average molecular weight is 515 g/mol. The molecular weight excluding hydrogens is 498 g/mol. The minimum Gasteiger partial charge on any atom is -0.466 e. The fourth-order valence-electron chi connectivity index (χ4n) is 2.31. The molecule has 0 bridgehead atoms. The van der Waals surface area contributed by atoms with Crippen LogP contribution < -0.4 is 11.1 Å². The van der Waals surface area contributed by atoms with E-state index in [-0.39, 0.29) is 30.0 Å². The predicted molar refractivity (Wildman–Crippen MR) is 105 cm³/mol. The van der Waals surface area contributed by atoms with E-state index in [0.29, 0.717) is 4.47 Å². The summed E-state index contributed by atoms with van der Waals surface area (Å²) in [5.74, 6) is -4.09. The number of rotatable bonds is 7. The number of nitrogens with two attached hydrogens (primary N) is 1. The van der Waals surface area contributed by atoms with Crippen LogP contribution in [0.25, 0.3) is 0 Å². The maximum absolute atomic E-state index is 14.1. The molecule has 0 saturated heterocycles. The molecule has 1 amide bonds. The van der Waals surface area contributed by atoms with Gasteiger partial charge in [0, 0.05) is 28.3 Å². The Hall–Kier alpha value is -2.83. The van der Waals surface area contributed by atoms with E-state index in [0.717, 1.165) is 12.1 Å². The number of nitrogens with one attached hydrogen (secondary N) is 2. The van der Waals surface area contributed by atoms with Gasteiger partial charge in [0.15, 0.2) is 11.6 Å². The Morgan fingerprint density at radius 3 is 2.42 bits per heavy atom. The maximum atomic E-state index is 14.1. The largest absolute Gasteiger partial charge is 0.466 e. The number of pyridine rings is 1. The van der Waals surface area contributed by atoms with Gasteiger partial charge in [-0.05, 0) is 46.1 Å². The summed E-state index contributed by atoms with van der Waals surface area (Å²) in [6.07, 6.45) is 1.39. The molecule has 1 aromatic heterocycles. The van der Waals surface area contributed by atoms with Gasteiger partial charge in [-0.15, -0.1) is 0 Å². The number of hydrogen-bond acceptors (Lipinski definition) is 4. The molecule has 0 aliphatic rings. The first-order chi connectivity index (χ1) is 14.5. The van der Waals surface area contributed by atoms with E-state index in [1.165, 1.54) is 12.3 Å². The van der Waals surface area contributed by atoms with Crippen molar-refractivity contribution in [1.82, 2.24) is 4.98 Å². The maximum Gasteiger partial charge on any atom is 0.379 e. The van der Waals surface area contributed by atoms with Crippen molar-refractivity contribution in [1.29, 1.82) is 5.41 Å². The van der Waals surface area contributed by atoms with Gasteiger partial charge in [0.1, 0.15) is 5.69 Å². The van der Waals surface area contributed by atoms with Crippen LogP contribution in [0.4, 0.5) is 32.0 Å². The van der Waals surface area contributed by atoms with E-state index in [1.807, 2.05) is 0 Å². The van der Waals surface area contributed by atoms with E-state index in [1.54, 1.807) is 6.07 Å². The summed E-state index contributed by atoms with van der Waals surface area (Å²) < 4.78 is 75.8. The molecule has 0 spiro atoms. The third kappa shape index (κ3) is 9.24. The lowest BCUT2D eigenvalue weighted by Gasteiger charge is -2.16. The summed E-state index contributed by atoms with van der Waals surface area (Å²) in [4.78, 5) is 16.1. The molecule has 0 fully saturated rings. The molecule has 0 saturated carbocycles. The fraction of sp³-hybridized carbons (Fsp3) is 0.278. The van der Waals surface area contributed by atoms with Crippen LogP contribution in [-0.2, 0) is 4.74 Å². The molecule has 1 aromatic carbocycles. The first-order valence-corrected chi connectivity index (χ1v) is 9.21. The smallest absolute Gasteiger partial charge is 0.379 e. The topological polar surface area (TPSA) is 101 Å². The van der Waals surface area contributed by atoms with Crippen LogP contribution in [0.3, 0.4) is 0 Å². The molecule has 2 rings (SSSR count). The molecule has 6 nitrogen and oxygen atoms in total. The van der Waals surface area contributed by atoms with Gasteiger partial charge in [0.2, 0.25) is 0 Å². The summed E-state index contributed by atoms with van der Waals surface area (Å²) in [7, 11) is 0. The van der Waals surface area contributed by atoms with Crippen molar-refractivity contribution in [2.45, 2.75) is 19.0 Å². The van der Waals surface area contributed by atoms with Gasteiger partial charge < -0.3 is 15.8 Å². The van der Waals surface area contributed by atoms with Gasteiger partial charge in [0.05, 0.1) is 13.3 Å². The zero-order valence-corrected chi connectivity index (χ0v) is 17.2. The highest BCUT2D eigenvalue weighted by Gasteiger charge is 2.21. The van der Waals surface area contributed by atoms with E-state index >= 15 is 0 Å². The molecule has 4 N–H and O–H groups in total. The number of anilines is 1. The van der Waals surface area contributed by atoms with Crippen molar-refractivity contribution in [3.8, 4) is 0 Å². The van der Waals surface area contributed by atoms with Crippen molar-refractivity contribution in [3.05, 3.63) is 57.8 Å². The van der Waals surface area contributed by atoms with E-state index < -0.39 is 42.8 Å². The molecule has 170 valence electrons. The van der Waals surface area contributed by atoms with Gasteiger partial charge in [0.25, 0.3) is 11.9 Å². The number of amidine groups is 1. The highest BCUT2D eigenvalue weighted by molar-refractivity contribution is 9.10. The number of carbonyl (C=O) groups is 1. The standard InChI is InChI=1S/C17H16BrF3N4O2.CHF3/c18-10-1-2-14(24-8-10)16(26)25-11-5-12(15(21)13(20)6-11)9(7-19)3-4-27-17(22)23;2-1(3)4/h1-2,5-6,8-9H,3-4,7H2,(H3,22,23)(H,25,26);1H. The molecule has 0 aliphatic carbocycles. The van der Waals surface area contributed by atoms with Crippen molar-refractivity contribution in [2.24, 2.45) is 5.73 Å². The first-order valence-electron chi connectivity index (χ1n) is 8.42. The normalized spacial score (nSPS) is 11.4.